The van der Waals surface area contributed by atoms with Crippen LogP contribution >= 0.6 is 0 Å². The third-order valence-corrected chi connectivity index (χ3v) is 2.33. The van der Waals surface area contributed by atoms with Gasteiger partial charge in [-0.25, -0.2) is 0 Å². The highest BCUT2D eigenvalue weighted by atomic mass is 16.5. The monoisotopic (exact) mass is 209 g/mol. The second kappa shape index (κ2) is 6.43. The Kier molecular flexibility index (Phi) is 5.15. The maximum Gasteiger partial charge on any atom is 0.119 e. The molecule has 0 aliphatic heterocycles. The van der Waals surface area contributed by atoms with Crippen molar-refractivity contribution in [3.05, 3.63) is 29.8 Å². The van der Waals surface area contributed by atoms with Crippen LogP contribution in [0.2, 0.25) is 0 Å². The van der Waals surface area contributed by atoms with Crippen LogP contribution in [0, 0.1) is 0 Å². The second-order valence-electron chi connectivity index (χ2n) is 3.44. The van der Waals surface area contributed by atoms with Gasteiger partial charge in [-0.3, -0.25) is 0 Å². The summed E-state index contributed by atoms with van der Waals surface area (Å²) in [7, 11) is 1.89. The van der Waals surface area contributed by atoms with Crippen molar-refractivity contribution < 1.29 is 9.84 Å². The minimum atomic E-state index is 0.158. The standard InChI is InChI=1S/C12H19NO2/c1-3-15-12-6-4-10(5-7-12)11(9-14)8-13-2/h4-7,11,13-14H,3,8-9H2,1-2H3. The number of hydrogen-bond acceptors (Lipinski definition) is 3. The predicted molar refractivity (Wildman–Crippen MR) is 61.4 cm³/mol. The van der Waals surface area contributed by atoms with E-state index in [0.717, 1.165) is 17.9 Å². The zero-order chi connectivity index (χ0) is 11.1. The van der Waals surface area contributed by atoms with Gasteiger partial charge in [0.05, 0.1) is 13.2 Å². The summed E-state index contributed by atoms with van der Waals surface area (Å²) in [6, 6.07) is 7.89. The van der Waals surface area contributed by atoms with Crippen molar-refractivity contribution in [2.24, 2.45) is 0 Å². The summed E-state index contributed by atoms with van der Waals surface area (Å²) in [5.41, 5.74) is 1.13. The average Bonchev–Trinajstić information content (AvgIpc) is 2.28. The molecular weight excluding hydrogens is 190 g/mol. The van der Waals surface area contributed by atoms with Gasteiger partial charge < -0.3 is 15.2 Å². The van der Waals surface area contributed by atoms with Crippen LogP contribution in [0.15, 0.2) is 24.3 Å². The van der Waals surface area contributed by atoms with E-state index in [1.54, 1.807) is 0 Å². The SMILES string of the molecule is CCOc1ccc(C(CO)CNC)cc1. The van der Waals surface area contributed by atoms with Crippen LogP contribution in [0.5, 0.6) is 5.75 Å². The van der Waals surface area contributed by atoms with Gasteiger partial charge in [0.2, 0.25) is 0 Å². The molecule has 2 N–H and O–H groups in total. The Morgan fingerprint density at radius 3 is 2.47 bits per heavy atom. The van der Waals surface area contributed by atoms with Gasteiger partial charge in [-0.05, 0) is 31.7 Å². The first-order valence-corrected chi connectivity index (χ1v) is 5.30. The number of likely N-dealkylation sites (N-methyl/N-ethyl adjacent to an activating group) is 1. The lowest BCUT2D eigenvalue weighted by Crippen LogP contribution is -2.19. The predicted octanol–water partition coefficient (Wildman–Crippen LogP) is 1.38. The highest BCUT2D eigenvalue weighted by Gasteiger charge is 2.08. The van der Waals surface area contributed by atoms with Crippen molar-refractivity contribution in [3.63, 3.8) is 0 Å². The fraction of sp³-hybridized carbons (Fsp3) is 0.500. The normalized spacial score (nSPS) is 12.5. The number of aliphatic hydroxyl groups excluding tert-OH is 1. The fourth-order valence-corrected chi connectivity index (χ4v) is 1.54. The molecule has 0 saturated carbocycles. The molecule has 0 aromatic heterocycles. The van der Waals surface area contributed by atoms with E-state index in [2.05, 4.69) is 5.32 Å². The summed E-state index contributed by atoms with van der Waals surface area (Å²) in [4.78, 5) is 0. The first-order chi connectivity index (χ1) is 7.31. The fourth-order valence-electron chi connectivity index (χ4n) is 1.54. The number of rotatable bonds is 6. The molecule has 15 heavy (non-hydrogen) atoms. The summed E-state index contributed by atoms with van der Waals surface area (Å²) in [6.07, 6.45) is 0. The van der Waals surface area contributed by atoms with Gasteiger partial charge in [-0.2, -0.15) is 0 Å². The largest absolute Gasteiger partial charge is 0.494 e. The minimum absolute atomic E-state index is 0.158. The number of nitrogens with one attached hydrogen (secondary N) is 1. The van der Waals surface area contributed by atoms with Crippen LogP contribution in [0.25, 0.3) is 0 Å². The van der Waals surface area contributed by atoms with Gasteiger partial charge in [0, 0.05) is 12.5 Å². The summed E-state index contributed by atoms with van der Waals surface area (Å²) < 4.78 is 5.36. The van der Waals surface area contributed by atoms with E-state index in [1.807, 2.05) is 38.2 Å². The number of hydrogen-bond donors (Lipinski definition) is 2. The van der Waals surface area contributed by atoms with Crippen molar-refractivity contribution in [2.75, 3.05) is 26.8 Å². The van der Waals surface area contributed by atoms with Gasteiger partial charge >= 0.3 is 0 Å². The van der Waals surface area contributed by atoms with E-state index in [4.69, 9.17) is 4.74 Å². The molecule has 0 fully saturated rings. The van der Waals surface area contributed by atoms with Crippen LogP contribution in [0.3, 0.4) is 0 Å². The molecule has 3 heteroatoms. The lowest BCUT2D eigenvalue weighted by molar-refractivity contribution is 0.263. The van der Waals surface area contributed by atoms with Crippen LogP contribution in [0.4, 0.5) is 0 Å². The zero-order valence-electron chi connectivity index (χ0n) is 9.36. The molecule has 1 atom stereocenters. The van der Waals surface area contributed by atoms with E-state index in [9.17, 15) is 5.11 Å². The molecule has 0 saturated heterocycles. The molecule has 0 amide bonds. The lowest BCUT2D eigenvalue weighted by atomic mass is 10.00. The minimum Gasteiger partial charge on any atom is -0.494 e. The third kappa shape index (κ3) is 3.53. The molecule has 0 heterocycles. The van der Waals surface area contributed by atoms with Gasteiger partial charge in [-0.15, -0.1) is 0 Å². The highest BCUT2D eigenvalue weighted by Crippen LogP contribution is 2.18. The Balaban J connectivity index is 2.68. The molecule has 3 nitrogen and oxygen atoms in total. The quantitative estimate of drug-likeness (QED) is 0.743. The van der Waals surface area contributed by atoms with E-state index >= 15 is 0 Å². The van der Waals surface area contributed by atoms with Gasteiger partial charge in [0.15, 0.2) is 0 Å². The molecule has 84 valence electrons. The van der Waals surface area contributed by atoms with Crippen molar-refractivity contribution >= 4 is 0 Å². The molecule has 0 aliphatic rings. The van der Waals surface area contributed by atoms with E-state index in [0.29, 0.717) is 6.61 Å². The summed E-state index contributed by atoms with van der Waals surface area (Å²) in [5.74, 6) is 1.04. The molecule has 1 rings (SSSR count). The van der Waals surface area contributed by atoms with Crippen LogP contribution in [0.1, 0.15) is 18.4 Å². The van der Waals surface area contributed by atoms with Crippen molar-refractivity contribution in [1.82, 2.24) is 5.32 Å². The summed E-state index contributed by atoms with van der Waals surface area (Å²) in [5, 5.41) is 12.3. The number of ether oxygens (including phenoxy) is 1. The Hall–Kier alpha value is -1.06. The third-order valence-electron chi connectivity index (χ3n) is 2.33. The average molecular weight is 209 g/mol. The maximum atomic E-state index is 9.21. The Morgan fingerprint density at radius 1 is 1.33 bits per heavy atom. The number of aliphatic hydroxyl groups is 1. The van der Waals surface area contributed by atoms with Gasteiger partial charge in [0.25, 0.3) is 0 Å². The first-order valence-electron chi connectivity index (χ1n) is 5.30. The van der Waals surface area contributed by atoms with Crippen LogP contribution in [-0.4, -0.2) is 31.9 Å². The van der Waals surface area contributed by atoms with Crippen molar-refractivity contribution in [3.8, 4) is 5.75 Å². The molecule has 0 spiro atoms. The van der Waals surface area contributed by atoms with E-state index in [-0.39, 0.29) is 12.5 Å². The van der Waals surface area contributed by atoms with Gasteiger partial charge in [-0.1, -0.05) is 12.1 Å². The Labute approximate surface area is 91.1 Å². The molecule has 1 aromatic rings. The summed E-state index contributed by atoms with van der Waals surface area (Å²) in [6.45, 7) is 3.59. The molecular formula is C12H19NO2. The molecule has 1 unspecified atom stereocenters. The van der Waals surface area contributed by atoms with Gasteiger partial charge in [0.1, 0.15) is 5.75 Å². The molecule has 0 radical (unpaired) electrons. The topological polar surface area (TPSA) is 41.5 Å². The molecule has 1 aromatic carbocycles. The first kappa shape index (κ1) is 12.0. The smallest absolute Gasteiger partial charge is 0.119 e. The van der Waals surface area contributed by atoms with Crippen LogP contribution in [-0.2, 0) is 0 Å². The van der Waals surface area contributed by atoms with Crippen molar-refractivity contribution in [1.29, 1.82) is 0 Å². The summed E-state index contributed by atoms with van der Waals surface area (Å²) >= 11 is 0. The Morgan fingerprint density at radius 2 is 2.00 bits per heavy atom. The number of benzene rings is 1. The van der Waals surface area contributed by atoms with E-state index < -0.39 is 0 Å². The van der Waals surface area contributed by atoms with Crippen molar-refractivity contribution in [2.45, 2.75) is 12.8 Å². The lowest BCUT2D eigenvalue weighted by Gasteiger charge is -2.14. The zero-order valence-corrected chi connectivity index (χ0v) is 9.36. The highest BCUT2D eigenvalue weighted by molar-refractivity contribution is 5.29. The Bertz CT molecular complexity index is 271. The maximum absolute atomic E-state index is 9.21. The molecule has 0 bridgehead atoms. The van der Waals surface area contributed by atoms with Crippen LogP contribution < -0.4 is 10.1 Å². The van der Waals surface area contributed by atoms with E-state index in [1.165, 1.54) is 0 Å². The molecule has 0 aliphatic carbocycles. The second-order valence-corrected chi connectivity index (χ2v) is 3.44.